The lowest BCUT2D eigenvalue weighted by Gasteiger charge is -2.16. The van der Waals surface area contributed by atoms with Crippen LogP contribution in [0.15, 0.2) is 42.6 Å². The van der Waals surface area contributed by atoms with E-state index in [-0.39, 0.29) is 12.1 Å². The number of nitrogens with one attached hydrogen (secondary N) is 2. The number of carbonyl (C=O) groups is 3. The number of rotatable bonds is 6. The van der Waals surface area contributed by atoms with E-state index >= 15 is 0 Å². The Labute approximate surface area is 132 Å². The van der Waals surface area contributed by atoms with Crippen LogP contribution in [0.4, 0.5) is 0 Å². The van der Waals surface area contributed by atoms with E-state index in [1.807, 2.05) is 18.2 Å². The zero-order valence-electron chi connectivity index (χ0n) is 12.5. The predicted molar refractivity (Wildman–Crippen MR) is 82.7 cm³/mol. The summed E-state index contributed by atoms with van der Waals surface area (Å²) in [5.41, 5.74) is 6.06. The molecule has 1 atom stereocenters. The zero-order valence-corrected chi connectivity index (χ0v) is 12.5. The van der Waals surface area contributed by atoms with Crippen LogP contribution in [-0.4, -0.2) is 40.6 Å². The maximum Gasteiger partial charge on any atom is 0.270 e. The van der Waals surface area contributed by atoms with Gasteiger partial charge >= 0.3 is 0 Å². The first-order valence-electron chi connectivity index (χ1n) is 6.93. The molecule has 2 aromatic rings. The second-order valence-electron chi connectivity index (χ2n) is 4.77. The molecule has 2 rings (SSSR count). The minimum absolute atomic E-state index is 0.245. The van der Waals surface area contributed by atoms with Gasteiger partial charge in [0.2, 0.25) is 11.8 Å². The Kier molecular flexibility index (Phi) is 5.08. The molecule has 0 saturated heterocycles. The number of hydrogen-bond acceptors (Lipinski definition) is 4. The van der Waals surface area contributed by atoms with Gasteiger partial charge in [-0.25, -0.2) is 4.68 Å². The molecule has 23 heavy (non-hydrogen) atoms. The number of hydrogen-bond donors (Lipinski definition) is 3. The lowest BCUT2D eigenvalue weighted by molar-refractivity contribution is -0.126. The van der Waals surface area contributed by atoms with Crippen LogP contribution in [0.25, 0.3) is 5.69 Å². The molecule has 0 spiro atoms. The molecule has 8 heteroatoms. The van der Waals surface area contributed by atoms with E-state index in [4.69, 9.17) is 5.73 Å². The third kappa shape index (κ3) is 3.94. The summed E-state index contributed by atoms with van der Waals surface area (Å²) in [6.07, 6.45) is 1.19. The van der Waals surface area contributed by atoms with Crippen molar-refractivity contribution in [1.82, 2.24) is 20.4 Å². The topological polar surface area (TPSA) is 119 Å². The van der Waals surface area contributed by atoms with Crippen LogP contribution in [0.1, 0.15) is 16.9 Å². The summed E-state index contributed by atoms with van der Waals surface area (Å²) in [7, 11) is 1.41. The molecule has 1 aromatic heterocycles. The minimum Gasteiger partial charge on any atom is -0.370 e. The van der Waals surface area contributed by atoms with E-state index < -0.39 is 23.8 Å². The van der Waals surface area contributed by atoms with Crippen molar-refractivity contribution in [2.45, 2.75) is 12.5 Å². The van der Waals surface area contributed by atoms with Crippen molar-refractivity contribution >= 4 is 17.7 Å². The Balaban J connectivity index is 2.22. The standard InChI is InChI=1S/C15H17N5O3/c1-17-14(22)11(9-13(16)21)19-15(23)12-7-8-18-20(12)10-5-3-2-4-6-10/h2-8,11H,9H2,1H3,(H2,16,21)(H,17,22)(H,19,23)/t11-/m0/s1. The molecule has 0 radical (unpaired) electrons. The number of primary amides is 1. The number of aromatic nitrogens is 2. The molecular formula is C15H17N5O3. The van der Waals surface area contributed by atoms with Crippen LogP contribution in [0, 0.1) is 0 Å². The summed E-state index contributed by atoms with van der Waals surface area (Å²) in [5, 5.41) is 8.99. The monoisotopic (exact) mass is 315 g/mol. The summed E-state index contributed by atoms with van der Waals surface area (Å²) >= 11 is 0. The van der Waals surface area contributed by atoms with Gasteiger partial charge in [0.05, 0.1) is 18.3 Å². The van der Waals surface area contributed by atoms with Gasteiger partial charge in [0, 0.05) is 7.05 Å². The number of carbonyl (C=O) groups excluding carboxylic acids is 3. The largest absolute Gasteiger partial charge is 0.370 e. The molecule has 120 valence electrons. The number of benzene rings is 1. The summed E-state index contributed by atoms with van der Waals surface area (Å²) in [6.45, 7) is 0. The fourth-order valence-corrected chi connectivity index (χ4v) is 2.07. The summed E-state index contributed by atoms with van der Waals surface area (Å²) in [6, 6.07) is 9.56. The van der Waals surface area contributed by atoms with Gasteiger partial charge in [0.25, 0.3) is 5.91 Å². The highest BCUT2D eigenvalue weighted by atomic mass is 16.2. The Morgan fingerprint density at radius 1 is 1.22 bits per heavy atom. The van der Waals surface area contributed by atoms with Crippen molar-refractivity contribution in [3.8, 4) is 5.69 Å². The highest BCUT2D eigenvalue weighted by Crippen LogP contribution is 2.10. The second-order valence-corrected chi connectivity index (χ2v) is 4.77. The molecule has 1 aromatic carbocycles. The van der Waals surface area contributed by atoms with Crippen LogP contribution in [0.2, 0.25) is 0 Å². The van der Waals surface area contributed by atoms with Gasteiger partial charge in [-0.05, 0) is 18.2 Å². The van der Waals surface area contributed by atoms with Crippen molar-refractivity contribution < 1.29 is 14.4 Å². The SMILES string of the molecule is CNC(=O)[C@H](CC(N)=O)NC(=O)c1ccnn1-c1ccccc1. The molecule has 0 aliphatic heterocycles. The van der Waals surface area contributed by atoms with E-state index in [1.165, 1.54) is 24.0 Å². The van der Waals surface area contributed by atoms with Crippen molar-refractivity contribution in [3.63, 3.8) is 0 Å². The first-order chi connectivity index (χ1) is 11.0. The summed E-state index contributed by atoms with van der Waals surface area (Å²) in [5.74, 6) is -1.71. The van der Waals surface area contributed by atoms with E-state index in [1.54, 1.807) is 12.1 Å². The normalized spacial score (nSPS) is 11.5. The van der Waals surface area contributed by atoms with Gasteiger partial charge in [-0.15, -0.1) is 0 Å². The number of nitrogens with zero attached hydrogens (tertiary/aromatic N) is 2. The van der Waals surface area contributed by atoms with Crippen molar-refractivity contribution in [3.05, 3.63) is 48.3 Å². The van der Waals surface area contributed by atoms with Crippen molar-refractivity contribution in [2.75, 3.05) is 7.05 Å². The first kappa shape index (κ1) is 16.2. The molecular weight excluding hydrogens is 298 g/mol. The third-order valence-corrected chi connectivity index (χ3v) is 3.15. The Hall–Kier alpha value is -3.16. The van der Waals surface area contributed by atoms with Gasteiger partial charge in [0.1, 0.15) is 11.7 Å². The highest BCUT2D eigenvalue weighted by molar-refractivity contribution is 5.98. The van der Waals surface area contributed by atoms with Gasteiger partial charge in [0.15, 0.2) is 0 Å². The molecule has 0 bridgehead atoms. The van der Waals surface area contributed by atoms with Crippen LogP contribution in [0.5, 0.6) is 0 Å². The van der Waals surface area contributed by atoms with Gasteiger partial charge < -0.3 is 16.4 Å². The molecule has 1 heterocycles. The number of likely N-dealkylation sites (N-methyl/N-ethyl adjacent to an activating group) is 1. The maximum absolute atomic E-state index is 12.4. The van der Waals surface area contributed by atoms with Crippen LogP contribution in [-0.2, 0) is 9.59 Å². The Bertz CT molecular complexity index is 711. The van der Waals surface area contributed by atoms with E-state index in [9.17, 15) is 14.4 Å². The van der Waals surface area contributed by atoms with Gasteiger partial charge in [-0.3, -0.25) is 14.4 Å². The van der Waals surface area contributed by atoms with Crippen molar-refractivity contribution in [2.24, 2.45) is 5.73 Å². The maximum atomic E-state index is 12.4. The number of nitrogens with two attached hydrogens (primary N) is 1. The lowest BCUT2D eigenvalue weighted by Crippen LogP contribution is -2.48. The minimum atomic E-state index is -1.04. The van der Waals surface area contributed by atoms with Crippen LogP contribution >= 0.6 is 0 Å². The molecule has 3 amide bonds. The van der Waals surface area contributed by atoms with Crippen LogP contribution in [0.3, 0.4) is 0 Å². The second kappa shape index (κ2) is 7.21. The Morgan fingerprint density at radius 3 is 2.52 bits per heavy atom. The number of para-hydroxylation sites is 1. The van der Waals surface area contributed by atoms with E-state index in [2.05, 4.69) is 15.7 Å². The van der Waals surface area contributed by atoms with Crippen molar-refractivity contribution in [1.29, 1.82) is 0 Å². The van der Waals surface area contributed by atoms with Gasteiger partial charge in [-0.1, -0.05) is 18.2 Å². The molecule has 0 aliphatic rings. The lowest BCUT2D eigenvalue weighted by atomic mass is 10.1. The molecule has 0 unspecified atom stereocenters. The summed E-state index contributed by atoms with van der Waals surface area (Å²) in [4.78, 5) is 35.2. The van der Waals surface area contributed by atoms with Gasteiger partial charge in [-0.2, -0.15) is 5.10 Å². The highest BCUT2D eigenvalue weighted by Gasteiger charge is 2.24. The third-order valence-electron chi connectivity index (χ3n) is 3.15. The smallest absolute Gasteiger partial charge is 0.270 e. The molecule has 0 aliphatic carbocycles. The van der Waals surface area contributed by atoms with Crippen LogP contribution < -0.4 is 16.4 Å². The fraction of sp³-hybridized carbons (Fsp3) is 0.200. The summed E-state index contributed by atoms with van der Waals surface area (Å²) < 4.78 is 1.44. The molecule has 4 N–H and O–H groups in total. The predicted octanol–water partition coefficient (Wildman–Crippen LogP) is -0.408. The zero-order chi connectivity index (χ0) is 16.8. The average Bonchev–Trinajstić information content (AvgIpc) is 3.03. The molecule has 0 saturated carbocycles. The number of amides is 3. The quantitative estimate of drug-likeness (QED) is 0.671. The fourth-order valence-electron chi connectivity index (χ4n) is 2.07. The molecule has 8 nitrogen and oxygen atoms in total. The Morgan fingerprint density at radius 2 is 1.91 bits per heavy atom. The average molecular weight is 315 g/mol. The van der Waals surface area contributed by atoms with E-state index in [0.29, 0.717) is 5.69 Å². The molecule has 0 fully saturated rings. The van der Waals surface area contributed by atoms with E-state index in [0.717, 1.165) is 0 Å². The first-order valence-corrected chi connectivity index (χ1v) is 6.93.